The standard InChI is InChI=1S/C10H7NO2/c12-6-7-1-2-8-3-4-10(13)11-9(8)5-7/h1-6H,(H,11,13). The highest BCUT2D eigenvalue weighted by Gasteiger charge is 1.95. The maximum absolute atomic E-state index is 10.9. The van der Waals surface area contributed by atoms with Crippen molar-refractivity contribution in [2.75, 3.05) is 0 Å². The molecule has 3 nitrogen and oxygen atoms in total. The van der Waals surface area contributed by atoms with Crippen LogP contribution >= 0.6 is 0 Å². The molecule has 0 spiro atoms. The van der Waals surface area contributed by atoms with Crippen molar-refractivity contribution in [3.8, 4) is 0 Å². The van der Waals surface area contributed by atoms with Crippen molar-refractivity contribution in [1.82, 2.24) is 4.98 Å². The third-order valence-corrected chi connectivity index (χ3v) is 1.89. The zero-order valence-corrected chi connectivity index (χ0v) is 6.78. The van der Waals surface area contributed by atoms with Crippen molar-refractivity contribution in [3.05, 3.63) is 46.2 Å². The van der Waals surface area contributed by atoms with Gasteiger partial charge in [-0.2, -0.15) is 0 Å². The SMILES string of the molecule is O=Cc1ccc2ccc(=O)[nH]c2c1. The zero-order valence-electron chi connectivity index (χ0n) is 6.78. The first kappa shape index (κ1) is 7.73. The molecule has 0 radical (unpaired) electrons. The summed E-state index contributed by atoms with van der Waals surface area (Å²) < 4.78 is 0. The van der Waals surface area contributed by atoms with Gasteiger partial charge in [0.1, 0.15) is 6.29 Å². The molecule has 0 aliphatic carbocycles. The normalized spacial score (nSPS) is 10.2. The van der Waals surface area contributed by atoms with Gasteiger partial charge in [0.05, 0.1) is 0 Å². The van der Waals surface area contributed by atoms with E-state index in [0.29, 0.717) is 11.1 Å². The number of nitrogens with one attached hydrogen (secondary N) is 1. The second kappa shape index (κ2) is 2.86. The number of aromatic nitrogens is 1. The van der Waals surface area contributed by atoms with Crippen LogP contribution in [0.3, 0.4) is 0 Å². The summed E-state index contributed by atoms with van der Waals surface area (Å²) in [6, 6.07) is 8.36. The predicted octanol–water partition coefficient (Wildman–Crippen LogP) is 1.34. The molecule has 0 saturated carbocycles. The lowest BCUT2D eigenvalue weighted by atomic mass is 10.1. The average Bonchev–Trinajstić information content (AvgIpc) is 2.16. The Morgan fingerprint density at radius 1 is 1.15 bits per heavy atom. The van der Waals surface area contributed by atoms with Crippen molar-refractivity contribution in [2.45, 2.75) is 0 Å². The smallest absolute Gasteiger partial charge is 0.248 e. The van der Waals surface area contributed by atoms with Crippen LogP contribution in [-0.4, -0.2) is 11.3 Å². The van der Waals surface area contributed by atoms with Gasteiger partial charge in [0, 0.05) is 17.1 Å². The summed E-state index contributed by atoms with van der Waals surface area (Å²) in [5.41, 5.74) is 1.10. The summed E-state index contributed by atoms with van der Waals surface area (Å²) in [5, 5.41) is 0.921. The maximum atomic E-state index is 10.9. The molecule has 3 heteroatoms. The first-order valence-corrected chi connectivity index (χ1v) is 3.88. The van der Waals surface area contributed by atoms with E-state index in [9.17, 15) is 9.59 Å². The molecule has 13 heavy (non-hydrogen) atoms. The van der Waals surface area contributed by atoms with E-state index in [1.807, 2.05) is 0 Å². The lowest BCUT2D eigenvalue weighted by Crippen LogP contribution is -2.02. The number of H-pyrrole nitrogens is 1. The first-order valence-electron chi connectivity index (χ1n) is 3.88. The Morgan fingerprint density at radius 3 is 2.69 bits per heavy atom. The Morgan fingerprint density at radius 2 is 1.92 bits per heavy atom. The molecule has 0 atom stereocenters. The summed E-state index contributed by atoms with van der Waals surface area (Å²) in [5.74, 6) is 0. The second-order valence-electron chi connectivity index (χ2n) is 2.79. The lowest BCUT2D eigenvalue weighted by Gasteiger charge is -1.96. The number of pyridine rings is 1. The second-order valence-corrected chi connectivity index (χ2v) is 2.79. The third kappa shape index (κ3) is 1.36. The molecule has 0 bridgehead atoms. The molecule has 0 aliphatic heterocycles. The number of benzene rings is 1. The summed E-state index contributed by atoms with van der Waals surface area (Å²) in [7, 11) is 0. The Hall–Kier alpha value is -1.90. The van der Waals surface area contributed by atoms with Crippen molar-refractivity contribution in [2.24, 2.45) is 0 Å². The van der Waals surface area contributed by atoms with E-state index in [2.05, 4.69) is 4.98 Å². The van der Waals surface area contributed by atoms with Crippen molar-refractivity contribution >= 4 is 17.2 Å². The number of carbonyl (C=O) groups excluding carboxylic acids is 1. The van der Waals surface area contributed by atoms with Crippen LogP contribution in [0, 0.1) is 0 Å². The maximum Gasteiger partial charge on any atom is 0.248 e. The predicted molar refractivity (Wildman–Crippen MR) is 50.0 cm³/mol. The molecule has 1 aromatic heterocycles. The molecular weight excluding hydrogens is 166 g/mol. The number of aldehydes is 1. The van der Waals surface area contributed by atoms with Gasteiger partial charge >= 0.3 is 0 Å². The fraction of sp³-hybridized carbons (Fsp3) is 0. The van der Waals surface area contributed by atoms with E-state index >= 15 is 0 Å². The van der Waals surface area contributed by atoms with E-state index in [1.165, 1.54) is 6.07 Å². The quantitative estimate of drug-likeness (QED) is 0.661. The van der Waals surface area contributed by atoms with Crippen molar-refractivity contribution < 1.29 is 4.79 Å². The molecule has 64 valence electrons. The van der Waals surface area contributed by atoms with Crippen LogP contribution in [0.4, 0.5) is 0 Å². The van der Waals surface area contributed by atoms with Gasteiger partial charge in [-0.15, -0.1) is 0 Å². The van der Waals surface area contributed by atoms with Gasteiger partial charge in [-0.25, -0.2) is 0 Å². The van der Waals surface area contributed by atoms with Crippen LogP contribution in [0.1, 0.15) is 10.4 Å². The highest BCUT2D eigenvalue weighted by Crippen LogP contribution is 2.10. The highest BCUT2D eigenvalue weighted by atomic mass is 16.1. The van der Waals surface area contributed by atoms with E-state index in [1.54, 1.807) is 24.3 Å². The van der Waals surface area contributed by atoms with Crippen LogP contribution in [0.15, 0.2) is 35.1 Å². The van der Waals surface area contributed by atoms with E-state index < -0.39 is 0 Å². The Bertz CT molecular complexity index is 514. The topological polar surface area (TPSA) is 49.9 Å². The lowest BCUT2D eigenvalue weighted by molar-refractivity contribution is 0.112. The molecule has 0 amide bonds. The van der Waals surface area contributed by atoms with Gasteiger partial charge < -0.3 is 4.98 Å². The minimum absolute atomic E-state index is 0.157. The van der Waals surface area contributed by atoms with E-state index in [4.69, 9.17) is 0 Å². The number of carbonyl (C=O) groups is 1. The van der Waals surface area contributed by atoms with Crippen molar-refractivity contribution in [3.63, 3.8) is 0 Å². The fourth-order valence-electron chi connectivity index (χ4n) is 1.24. The summed E-state index contributed by atoms with van der Waals surface area (Å²) in [6.07, 6.45) is 0.755. The summed E-state index contributed by atoms with van der Waals surface area (Å²) >= 11 is 0. The largest absolute Gasteiger partial charge is 0.322 e. The van der Waals surface area contributed by atoms with Crippen LogP contribution in [-0.2, 0) is 0 Å². The van der Waals surface area contributed by atoms with Crippen LogP contribution in [0.25, 0.3) is 10.9 Å². The van der Waals surface area contributed by atoms with E-state index in [-0.39, 0.29) is 5.56 Å². The molecule has 2 rings (SSSR count). The Labute approximate surface area is 74.0 Å². The van der Waals surface area contributed by atoms with Crippen LogP contribution in [0.2, 0.25) is 0 Å². The molecular formula is C10H7NO2. The molecule has 1 heterocycles. The summed E-state index contributed by atoms with van der Waals surface area (Å²) in [6.45, 7) is 0. The van der Waals surface area contributed by atoms with Crippen LogP contribution < -0.4 is 5.56 Å². The number of rotatable bonds is 1. The average molecular weight is 173 g/mol. The van der Waals surface area contributed by atoms with Gasteiger partial charge in [0.15, 0.2) is 0 Å². The fourth-order valence-corrected chi connectivity index (χ4v) is 1.24. The molecule has 2 aromatic rings. The number of hydrogen-bond donors (Lipinski definition) is 1. The molecule has 0 unspecified atom stereocenters. The van der Waals surface area contributed by atoms with Gasteiger partial charge in [-0.05, 0) is 17.5 Å². The van der Waals surface area contributed by atoms with Gasteiger partial charge in [0.2, 0.25) is 5.56 Å². The van der Waals surface area contributed by atoms with Gasteiger partial charge in [-0.1, -0.05) is 12.1 Å². The van der Waals surface area contributed by atoms with E-state index in [0.717, 1.165) is 11.7 Å². The molecule has 1 aromatic carbocycles. The van der Waals surface area contributed by atoms with Crippen LogP contribution in [0.5, 0.6) is 0 Å². The Balaban J connectivity index is 2.82. The zero-order chi connectivity index (χ0) is 9.26. The van der Waals surface area contributed by atoms with Gasteiger partial charge in [-0.3, -0.25) is 9.59 Å². The minimum atomic E-state index is -0.157. The van der Waals surface area contributed by atoms with Gasteiger partial charge in [0.25, 0.3) is 0 Å². The number of fused-ring (bicyclic) bond motifs is 1. The summed E-state index contributed by atoms with van der Waals surface area (Å²) in [4.78, 5) is 24.0. The highest BCUT2D eigenvalue weighted by molar-refractivity contribution is 5.86. The number of hydrogen-bond acceptors (Lipinski definition) is 2. The first-order chi connectivity index (χ1) is 6.29. The molecule has 0 saturated heterocycles. The monoisotopic (exact) mass is 173 g/mol. The molecule has 0 aliphatic rings. The number of aromatic amines is 1. The minimum Gasteiger partial charge on any atom is -0.322 e. The Kier molecular flexibility index (Phi) is 1.70. The molecule has 1 N–H and O–H groups in total. The van der Waals surface area contributed by atoms with Crippen molar-refractivity contribution in [1.29, 1.82) is 0 Å². The molecule has 0 fully saturated rings. The third-order valence-electron chi connectivity index (χ3n) is 1.89.